The Balaban J connectivity index is 2.68. The summed E-state index contributed by atoms with van der Waals surface area (Å²) in [5.74, 6) is 0.594. The second-order valence-electron chi connectivity index (χ2n) is 5.35. The number of carbonyl (C=O) groups excluding carboxylic acids is 1. The number of nitrogens with two attached hydrogens (primary N) is 1. The van der Waals surface area contributed by atoms with Gasteiger partial charge in [0.15, 0.2) is 0 Å². The molecule has 0 aliphatic rings. The number of benzene rings is 1. The van der Waals surface area contributed by atoms with E-state index >= 15 is 0 Å². The summed E-state index contributed by atoms with van der Waals surface area (Å²) in [6.45, 7) is 5.59. The second kappa shape index (κ2) is 6.81. The lowest BCUT2D eigenvalue weighted by Crippen LogP contribution is -2.36. The van der Waals surface area contributed by atoms with Crippen molar-refractivity contribution in [1.82, 2.24) is 5.32 Å². The Morgan fingerprint density at radius 3 is 2.65 bits per heavy atom. The molecule has 1 unspecified atom stereocenters. The average Bonchev–Trinajstić information content (AvgIpc) is 2.33. The molecule has 1 aromatic rings. The zero-order chi connectivity index (χ0) is 15.3. The molecule has 20 heavy (non-hydrogen) atoms. The molecule has 1 aromatic carbocycles. The molecule has 0 spiro atoms. The Morgan fingerprint density at radius 2 is 2.10 bits per heavy atom. The molecule has 112 valence electrons. The van der Waals surface area contributed by atoms with Crippen molar-refractivity contribution < 1.29 is 14.3 Å². The SMILES string of the molecule is COc1cccc(Cl)c1C(N)CNC(=O)OC(C)(C)C. The van der Waals surface area contributed by atoms with E-state index in [2.05, 4.69) is 5.32 Å². The molecule has 0 saturated heterocycles. The molecule has 0 aromatic heterocycles. The Morgan fingerprint density at radius 1 is 1.45 bits per heavy atom. The normalized spacial score (nSPS) is 12.7. The summed E-state index contributed by atoms with van der Waals surface area (Å²) >= 11 is 6.12. The largest absolute Gasteiger partial charge is 0.496 e. The van der Waals surface area contributed by atoms with Gasteiger partial charge in [-0.2, -0.15) is 0 Å². The van der Waals surface area contributed by atoms with Gasteiger partial charge in [0.1, 0.15) is 11.4 Å². The van der Waals surface area contributed by atoms with E-state index in [1.165, 1.54) is 0 Å². The average molecular weight is 301 g/mol. The van der Waals surface area contributed by atoms with Crippen LogP contribution in [0.4, 0.5) is 4.79 Å². The maximum atomic E-state index is 11.6. The van der Waals surface area contributed by atoms with Gasteiger partial charge in [0.2, 0.25) is 0 Å². The fourth-order valence-electron chi connectivity index (χ4n) is 1.66. The maximum absolute atomic E-state index is 11.6. The Bertz CT molecular complexity index is 472. The predicted octanol–water partition coefficient (Wildman–Crippen LogP) is 2.87. The fraction of sp³-hybridized carbons (Fsp3) is 0.500. The van der Waals surface area contributed by atoms with Crippen LogP contribution < -0.4 is 15.8 Å². The molecule has 0 saturated carbocycles. The van der Waals surface area contributed by atoms with Gasteiger partial charge in [0.25, 0.3) is 0 Å². The van der Waals surface area contributed by atoms with E-state index in [9.17, 15) is 4.79 Å². The number of hydrogen-bond acceptors (Lipinski definition) is 4. The summed E-state index contributed by atoms with van der Waals surface area (Å²) in [4.78, 5) is 11.6. The summed E-state index contributed by atoms with van der Waals surface area (Å²) in [7, 11) is 1.54. The molecule has 1 atom stereocenters. The Hall–Kier alpha value is -1.46. The number of alkyl carbamates (subject to hydrolysis) is 1. The highest BCUT2D eigenvalue weighted by Gasteiger charge is 2.19. The first kappa shape index (κ1) is 16.6. The van der Waals surface area contributed by atoms with E-state index in [1.807, 2.05) is 0 Å². The highest BCUT2D eigenvalue weighted by Crippen LogP contribution is 2.30. The summed E-state index contributed by atoms with van der Waals surface area (Å²) < 4.78 is 10.4. The minimum absolute atomic E-state index is 0.203. The third-order valence-electron chi connectivity index (χ3n) is 2.47. The number of hydrogen-bond donors (Lipinski definition) is 2. The molecule has 0 fully saturated rings. The zero-order valence-corrected chi connectivity index (χ0v) is 13.0. The van der Waals surface area contributed by atoms with Crippen LogP contribution in [0.5, 0.6) is 5.75 Å². The van der Waals surface area contributed by atoms with Crippen molar-refractivity contribution in [3.63, 3.8) is 0 Å². The monoisotopic (exact) mass is 300 g/mol. The van der Waals surface area contributed by atoms with Crippen molar-refractivity contribution in [1.29, 1.82) is 0 Å². The zero-order valence-electron chi connectivity index (χ0n) is 12.2. The van der Waals surface area contributed by atoms with Gasteiger partial charge < -0.3 is 20.5 Å². The number of amides is 1. The van der Waals surface area contributed by atoms with Crippen LogP contribution in [0, 0.1) is 0 Å². The second-order valence-corrected chi connectivity index (χ2v) is 5.75. The first-order valence-corrected chi connectivity index (χ1v) is 6.67. The van der Waals surface area contributed by atoms with Crippen LogP contribution in [0.1, 0.15) is 32.4 Å². The molecular weight excluding hydrogens is 280 g/mol. The van der Waals surface area contributed by atoms with E-state index in [0.29, 0.717) is 16.3 Å². The van der Waals surface area contributed by atoms with Crippen LogP contribution in [-0.2, 0) is 4.74 Å². The number of nitrogens with one attached hydrogen (secondary N) is 1. The van der Waals surface area contributed by atoms with Crippen LogP contribution >= 0.6 is 11.6 Å². The van der Waals surface area contributed by atoms with Gasteiger partial charge in [-0.1, -0.05) is 17.7 Å². The smallest absolute Gasteiger partial charge is 0.407 e. The van der Waals surface area contributed by atoms with Gasteiger partial charge >= 0.3 is 6.09 Å². The standard InChI is InChI=1S/C14H21ClN2O3/c1-14(2,3)20-13(18)17-8-10(16)12-9(15)6-5-7-11(12)19-4/h5-7,10H,8,16H2,1-4H3,(H,17,18). The van der Waals surface area contributed by atoms with Gasteiger partial charge in [-0.05, 0) is 32.9 Å². The van der Waals surface area contributed by atoms with Crippen molar-refractivity contribution in [2.24, 2.45) is 5.73 Å². The first-order chi connectivity index (χ1) is 9.24. The quantitative estimate of drug-likeness (QED) is 0.896. The number of ether oxygens (including phenoxy) is 2. The molecule has 1 rings (SSSR count). The molecule has 1 amide bonds. The molecule has 0 bridgehead atoms. The lowest BCUT2D eigenvalue weighted by atomic mass is 10.1. The summed E-state index contributed by atoms with van der Waals surface area (Å²) in [6.07, 6.45) is -0.515. The van der Waals surface area contributed by atoms with Crippen molar-refractivity contribution in [2.45, 2.75) is 32.4 Å². The van der Waals surface area contributed by atoms with Gasteiger partial charge in [0, 0.05) is 17.1 Å². The van der Waals surface area contributed by atoms with Crippen molar-refractivity contribution in [3.8, 4) is 5.75 Å². The molecule has 6 heteroatoms. The summed E-state index contributed by atoms with van der Waals surface area (Å²) in [6, 6.07) is 4.80. The molecule has 5 nitrogen and oxygen atoms in total. The van der Waals surface area contributed by atoms with Crippen LogP contribution in [0.15, 0.2) is 18.2 Å². The Labute approximate surface area is 124 Å². The van der Waals surface area contributed by atoms with Gasteiger partial charge in [-0.25, -0.2) is 4.79 Å². The molecule has 0 radical (unpaired) electrons. The highest BCUT2D eigenvalue weighted by atomic mass is 35.5. The van der Waals surface area contributed by atoms with E-state index in [-0.39, 0.29) is 6.54 Å². The molecule has 0 aliphatic heterocycles. The van der Waals surface area contributed by atoms with Gasteiger partial charge in [-0.15, -0.1) is 0 Å². The highest BCUT2D eigenvalue weighted by molar-refractivity contribution is 6.31. The predicted molar refractivity (Wildman–Crippen MR) is 79.2 cm³/mol. The van der Waals surface area contributed by atoms with E-state index < -0.39 is 17.7 Å². The van der Waals surface area contributed by atoms with Crippen molar-refractivity contribution in [2.75, 3.05) is 13.7 Å². The third-order valence-corrected chi connectivity index (χ3v) is 2.80. The summed E-state index contributed by atoms with van der Waals surface area (Å²) in [5, 5.41) is 3.12. The van der Waals surface area contributed by atoms with E-state index in [4.69, 9.17) is 26.8 Å². The molecular formula is C14H21ClN2O3. The van der Waals surface area contributed by atoms with Crippen LogP contribution in [0.25, 0.3) is 0 Å². The maximum Gasteiger partial charge on any atom is 0.407 e. The molecule has 0 aliphatic carbocycles. The molecule has 0 heterocycles. The minimum Gasteiger partial charge on any atom is -0.496 e. The Kier molecular flexibility index (Phi) is 5.65. The van der Waals surface area contributed by atoms with Crippen LogP contribution in [-0.4, -0.2) is 25.3 Å². The number of methoxy groups -OCH3 is 1. The van der Waals surface area contributed by atoms with Crippen LogP contribution in [0.3, 0.4) is 0 Å². The number of rotatable bonds is 4. The van der Waals surface area contributed by atoms with Gasteiger partial charge in [-0.3, -0.25) is 0 Å². The number of carbonyl (C=O) groups is 1. The van der Waals surface area contributed by atoms with Crippen LogP contribution in [0.2, 0.25) is 5.02 Å². The van der Waals surface area contributed by atoms with E-state index in [1.54, 1.807) is 46.1 Å². The van der Waals surface area contributed by atoms with Crippen molar-refractivity contribution >= 4 is 17.7 Å². The fourth-order valence-corrected chi connectivity index (χ4v) is 1.97. The minimum atomic E-state index is -0.545. The number of halogens is 1. The topological polar surface area (TPSA) is 73.6 Å². The molecule has 3 N–H and O–H groups in total. The van der Waals surface area contributed by atoms with Crippen molar-refractivity contribution in [3.05, 3.63) is 28.8 Å². The third kappa shape index (κ3) is 4.90. The lowest BCUT2D eigenvalue weighted by molar-refractivity contribution is 0.0524. The lowest BCUT2D eigenvalue weighted by Gasteiger charge is -2.21. The summed E-state index contributed by atoms with van der Waals surface area (Å²) in [5.41, 5.74) is 6.16. The van der Waals surface area contributed by atoms with Gasteiger partial charge in [0.05, 0.1) is 13.2 Å². The van der Waals surface area contributed by atoms with E-state index in [0.717, 1.165) is 0 Å². The first-order valence-electron chi connectivity index (χ1n) is 6.29.